The molecule has 0 unspecified atom stereocenters. The number of nitrogens with zero attached hydrogens (tertiary/aromatic N) is 2. The molecule has 0 saturated heterocycles. The first kappa shape index (κ1) is 24.1. The third kappa shape index (κ3) is 6.97. The number of carbonyl (C=O) groups is 1. The van der Waals surface area contributed by atoms with Gasteiger partial charge in [-0.2, -0.15) is 5.10 Å². The van der Waals surface area contributed by atoms with Crippen molar-refractivity contribution in [3.63, 3.8) is 0 Å². The zero-order chi connectivity index (χ0) is 22.9. The van der Waals surface area contributed by atoms with Crippen molar-refractivity contribution < 1.29 is 4.79 Å². The lowest BCUT2D eigenvalue weighted by molar-refractivity contribution is -0.118. The number of hydrogen-bond donors (Lipinski definition) is 1. The highest BCUT2D eigenvalue weighted by Gasteiger charge is 2.07. The Morgan fingerprint density at radius 1 is 1.06 bits per heavy atom. The average Bonchev–Trinajstić information content (AvgIpc) is 2.80. The molecule has 0 bridgehead atoms. The number of anilines is 1. The molecule has 1 N–H and O–H groups in total. The Balaban J connectivity index is 1.51. The van der Waals surface area contributed by atoms with Crippen LogP contribution in [0.25, 0.3) is 0 Å². The Hall–Kier alpha value is -2.57. The second-order valence-electron chi connectivity index (χ2n) is 7.54. The van der Waals surface area contributed by atoms with Crippen LogP contribution in [0.5, 0.6) is 0 Å². The molecule has 0 atom stereocenters. The predicted octanol–water partition coefficient (Wildman–Crippen LogP) is 6.33. The van der Waals surface area contributed by atoms with E-state index in [1.54, 1.807) is 6.21 Å². The monoisotopic (exact) mass is 509 g/mol. The molecule has 32 heavy (non-hydrogen) atoms. The first-order valence-electron chi connectivity index (χ1n) is 10.6. The minimum atomic E-state index is -0.122. The number of halogens is 1. The number of hydrazone groups is 1. The molecule has 0 aliphatic heterocycles. The molecule has 0 heterocycles. The Labute approximate surface area is 203 Å². The van der Waals surface area contributed by atoms with Gasteiger partial charge in [0, 0.05) is 28.1 Å². The Morgan fingerprint density at radius 3 is 2.47 bits per heavy atom. The van der Waals surface area contributed by atoms with Gasteiger partial charge < -0.3 is 4.90 Å². The SMILES string of the molecule is CCN(Cc1ccccc1)c1ccc(/C=N/NC(=O)CSc2cc(C)c(Br)cc2C)cc1. The summed E-state index contributed by atoms with van der Waals surface area (Å²) in [4.78, 5) is 15.6. The molecule has 0 saturated carbocycles. The number of carbonyl (C=O) groups excluding carboxylic acids is 1. The van der Waals surface area contributed by atoms with E-state index in [1.807, 2.05) is 32.0 Å². The van der Waals surface area contributed by atoms with Gasteiger partial charge in [-0.25, -0.2) is 5.43 Å². The standard InChI is InChI=1S/C26H28BrN3OS/c1-4-30(17-22-8-6-5-7-9-22)23-12-10-21(11-13-23)16-28-29-26(31)18-32-25-15-19(2)24(27)14-20(25)3/h5-16H,4,17-18H2,1-3H3,(H,29,31)/b28-16+. The summed E-state index contributed by atoms with van der Waals surface area (Å²) in [6.07, 6.45) is 1.68. The Kier molecular flexibility index (Phi) is 8.94. The highest BCUT2D eigenvalue weighted by atomic mass is 79.9. The number of nitrogens with one attached hydrogen (secondary N) is 1. The van der Waals surface area contributed by atoms with Gasteiger partial charge >= 0.3 is 0 Å². The minimum absolute atomic E-state index is 0.122. The summed E-state index contributed by atoms with van der Waals surface area (Å²) >= 11 is 5.06. The molecular weight excluding hydrogens is 482 g/mol. The molecule has 3 rings (SSSR count). The molecule has 3 aromatic rings. The van der Waals surface area contributed by atoms with Crippen LogP contribution in [0, 0.1) is 13.8 Å². The van der Waals surface area contributed by atoms with Gasteiger partial charge in [0.05, 0.1) is 12.0 Å². The molecule has 3 aromatic carbocycles. The summed E-state index contributed by atoms with van der Waals surface area (Å²) < 4.78 is 1.08. The van der Waals surface area contributed by atoms with Crippen LogP contribution in [0.15, 0.2) is 81.2 Å². The highest BCUT2D eigenvalue weighted by molar-refractivity contribution is 9.10. The maximum absolute atomic E-state index is 12.2. The van der Waals surface area contributed by atoms with E-state index in [-0.39, 0.29) is 5.91 Å². The van der Waals surface area contributed by atoms with Crippen molar-refractivity contribution in [1.82, 2.24) is 5.43 Å². The molecule has 0 spiro atoms. The zero-order valence-corrected chi connectivity index (χ0v) is 21.0. The lowest BCUT2D eigenvalue weighted by Gasteiger charge is -2.23. The molecular formula is C26H28BrN3OS. The van der Waals surface area contributed by atoms with Gasteiger partial charge in [0.1, 0.15) is 0 Å². The van der Waals surface area contributed by atoms with Gasteiger partial charge in [0.2, 0.25) is 5.91 Å². The fourth-order valence-corrected chi connectivity index (χ4v) is 4.58. The van der Waals surface area contributed by atoms with Gasteiger partial charge in [-0.3, -0.25) is 4.79 Å². The summed E-state index contributed by atoms with van der Waals surface area (Å²) in [7, 11) is 0. The average molecular weight is 511 g/mol. The molecule has 166 valence electrons. The summed E-state index contributed by atoms with van der Waals surface area (Å²) in [5.74, 6) is 0.200. The number of thioether (sulfide) groups is 1. The number of rotatable bonds is 9. The molecule has 1 amide bonds. The Morgan fingerprint density at radius 2 is 1.78 bits per heavy atom. The Bertz CT molecular complexity index is 1070. The zero-order valence-electron chi connectivity index (χ0n) is 18.6. The van der Waals surface area contributed by atoms with Crippen LogP contribution in [0.2, 0.25) is 0 Å². The van der Waals surface area contributed by atoms with Crippen molar-refractivity contribution in [2.45, 2.75) is 32.2 Å². The highest BCUT2D eigenvalue weighted by Crippen LogP contribution is 2.28. The molecule has 0 fully saturated rings. The van der Waals surface area contributed by atoms with Crippen LogP contribution in [0.1, 0.15) is 29.2 Å². The number of hydrogen-bond acceptors (Lipinski definition) is 4. The van der Waals surface area contributed by atoms with E-state index in [4.69, 9.17) is 0 Å². The van der Waals surface area contributed by atoms with E-state index in [2.05, 4.69) is 86.8 Å². The third-order valence-corrected chi connectivity index (χ3v) is 7.09. The van der Waals surface area contributed by atoms with Crippen LogP contribution in [-0.4, -0.2) is 24.4 Å². The first-order chi connectivity index (χ1) is 15.5. The van der Waals surface area contributed by atoms with E-state index in [0.717, 1.165) is 44.8 Å². The molecule has 4 nitrogen and oxygen atoms in total. The van der Waals surface area contributed by atoms with E-state index < -0.39 is 0 Å². The second kappa shape index (κ2) is 11.9. The normalized spacial score (nSPS) is 11.0. The van der Waals surface area contributed by atoms with E-state index in [9.17, 15) is 4.79 Å². The van der Waals surface area contributed by atoms with Gasteiger partial charge in [-0.05, 0) is 67.3 Å². The van der Waals surface area contributed by atoms with Crippen molar-refractivity contribution in [3.8, 4) is 0 Å². The fraction of sp³-hybridized carbons (Fsp3) is 0.231. The van der Waals surface area contributed by atoms with Crippen molar-refractivity contribution in [2.24, 2.45) is 5.10 Å². The molecule has 0 aliphatic rings. The van der Waals surface area contributed by atoms with Gasteiger partial charge in [-0.15, -0.1) is 11.8 Å². The summed E-state index contributed by atoms with van der Waals surface area (Å²) in [6.45, 7) is 8.04. The van der Waals surface area contributed by atoms with Crippen LogP contribution < -0.4 is 10.3 Å². The third-order valence-electron chi connectivity index (χ3n) is 5.07. The number of amides is 1. The van der Waals surface area contributed by atoms with Gasteiger partial charge in [-0.1, -0.05) is 58.4 Å². The predicted molar refractivity (Wildman–Crippen MR) is 140 cm³/mol. The summed E-state index contributed by atoms with van der Waals surface area (Å²) in [5, 5.41) is 4.11. The maximum atomic E-state index is 12.2. The number of benzene rings is 3. The largest absolute Gasteiger partial charge is 0.367 e. The molecule has 0 aliphatic carbocycles. The smallest absolute Gasteiger partial charge is 0.250 e. The summed E-state index contributed by atoms with van der Waals surface area (Å²) in [6, 6.07) is 22.8. The van der Waals surface area contributed by atoms with E-state index >= 15 is 0 Å². The number of aryl methyl sites for hydroxylation is 2. The van der Waals surface area contributed by atoms with Gasteiger partial charge in [0.25, 0.3) is 0 Å². The van der Waals surface area contributed by atoms with Crippen molar-refractivity contribution >= 4 is 45.5 Å². The molecule has 6 heteroatoms. The van der Waals surface area contributed by atoms with Crippen molar-refractivity contribution in [2.75, 3.05) is 17.2 Å². The molecule has 0 aromatic heterocycles. The lowest BCUT2D eigenvalue weighted by Crippen LogP contribution is -2.21. The van der Waals surface area contributed by atoms with Crippen LogP contribution in [-0.2, 0) is 11.3 Å². The summed E-state index contributed by atoms with van der Waals surface area (Å²) in [5.41, 5.74) is 8.31. The quantitative estimate of drug-likeness (QED) is 0.208. The van der Waals surface area contributed by atoms with Crippen molar-refractivity contribution in [1.29, 1.82) is 0 Å². The topological polar surface area (TPSA) is 44.7 Å². The fourth-order valence-electron chi connectivity index (χ4n) is 3.23. The van der Waals surface area contributed by atoms with Gasteiger partial charge in [0.15, 0.2) is 0 Å². The second-order valence-corrected chi connectivity index (χ2v) is 9.41. The van der Waals surface area contributed by atoms with Crippen LogP contribution in [0.3, 0.4) is 0 Å². The molecule has 0 radical (unpaired) electrons. The first-order valence-corrected chi connectivity index (χ1v) is 12.3. The van der Waals surface area contributed by atoms with Crippen molar-refractivity contribution in [3.05, 3.63) is 93.5 Å². The lowest BCUT2D eigenvalue weighted by atomic mass is 10.1. The van der Waals surface area contributed by atoms with E-state index in [0.29, 0.717) is 5.75 Å². The van der Waals surface area contributed by atoms with Crippen LogP contribution in [0.4, 0.5) is 5.69 Å². The van der Waals surface area contributed by atoms with E-state index in [1.165, 1.54) is 17.3 Å². The van der Waals surface area contributed by atoms with Crippen LogP contribution >= 0.6 is 27.7 Å². The minimum Gasteiger partial charge on any atom is -0.367 e. The maximum Gasteiger partial charge on any atom is 0.250 e.